The van der Waals surface area contributed by atoms with Gasteiger partial charge in [0, 0.05) is 34.6 Å². The highest BCUT2D eigenvalue weighted by atomic mass is 79.9. The molecule has 1 aliphatic rings. The van der Waals surface area contributed by atoms with E-state index in [9.17, 15) is 0 Å². The van der Waals surface area contributed by atoms with Gasteiger partial charge >= 0.3 is 0 Å². The minimum absolute atomic E-state index is 0.595. The molecule has 4 heteroatoms. The van der Waals surface area contributed by atoms with Crippen LogP contribution in [0.5, 0.6) is 0 Å². The van der Waals surface area contributed by atoms with Gasteiger partial charge in [0.15, 0.2) is 0 Å². The van der Waals surface area contributed by atoms with Gasteiger partial charge in [-0.05, 0) is 30.9 Å². The molecule has 2 heterocycles. The van der Waals surface area contributed by atoms with Crippen molar-refractivity contribution in [3.63, 3.8) is 0 Å². The second-order valence-corrected chi connectivity index (χ2v) is 5.81. The third-order valence-electron chi connectivity index (χ3n) is 3.57. The van der Waals surface area contributed by atoms with Gasteiger partial charge in [-0.25, -0.2) is 4.98 Å². The summed E-state index contributed by atoms with van der Waals surface area (Å²) in [6.45, 7) is 2.70. The Morgan fingerprint density at radius 3 is 3.11 bits per heavy atom. The Kier molecular flexibility index (Phi) is 3.99. The lowest BCUT2D eigenvalue weighted by atomic mass is 10.0. The molecule has 1 saturated heterocycles. The van der Waals surface area contributed by atoms with E-state index in [0.717, 1.165) is 35.4 Å². The average molecular weight is 321 g/mol. The predicted octanol–water partition coefficient (Wildman–Crippen LogP) is 3.84. The molecule has 19 heavy (non-hydrogen) atoms. The van der Waals surface area contributed by atoms with Gasteiger partial charge in [-0.2, -0.15) is 0 Å². The molecule has 2 aromatic rings. The van der Waals surface area contributed by atoms with E-state index in [2.05, 4.69) is 38.4 Å². The van der Waals surface area contributed by atoms with Crippen LogP contribution in [0.1, 0.15) is 12.8 Å². The Labute approximate surface area is 121 Å². The van der Waals surface area contributed by atoms with E-state index in [1.165, 1.54) is 18.2 Å². The first-order valence-electron chi connectivity index (χ1n) is 6.69. The summed E-state index contributed by atoms with van der Waals surface area (Å²) in [5.41, 5.74) is 0. The number of benzene rings is 1. The zero-order valence-electron chi connectivity index (χ0n) is 10.7. The van der Waals surface area contributed by atoms with Gasteiger partial charge < -0.3 is 10.1 Å². The third kappa shape index (κ3) is 2.90. The van der Waals surface area contributed by atoms with E-state index in [-0.39, 0.29) is 0 Å². The summed E-state index contributed by atoms with van der Waals surface area (Å²) in [5, 5.41) is 5.83. The molecular weight excluding hydrogens is 304 g/mol. The number of hydrogen-bond donors (Lipinski definition) is 1. The number of fused-ring (bicyclic) bond motifs is 1. The van der Waals surface area contributed by atoms with Crippen LogP contribution in [0.15, 0.2) is 34.9 Å². The predicted molar refractivity (Wildman–Crippen MR) is 81.5 cm³/mol. The molecule has 1 N–H and O–H groups in total. The van der Waals surface area contributed by atoms with Gasteiger partial charge in [-0.3, -0.25) is 0 Å². The largest absolute Gasteiger partial charge is 0.381 e. The molecule has 0 radical (unpaired) electrons. The molecular formula is C15H17BrN2O. The van der Waals surface area contributed by atoms with Crippen LogP contribution in [0, 0.1) is 5.92 Å². The molecule has 0 bridgehead atoms. The summed E-state index contributed by atoms with van der Waals surface area (Å²) >= 11 is 3.58. The highest BCUT2D eigenvalue weighted by molar-refractivity contribution is 9.10. The molecule has 0 aliphatic carbocycles. The number of halogens is 1. The maximum Gasteiger partial charge on any atom is 0.133 e. The van der Waals surface area contributed by atoms with Crippen molar-refractivity contribution in [3.8, 4) is 0 Å². The van der Waals surface area contributed by atoms with Crippen LogP contribution in [0.3, 0.4) is 0 Å². The van der Waals surface area contributed by atoms with Crippen molar-refractivity contribution in [2.75, 3.05) is 25.1 Å². The fraction of sp³-hybridized carbons (Fsp3) is 0.400. The number of anilines is 1. The van der Waals surface area contributed by atoms with Crippen LogP contribution in [0.2, 0.25) is 0 Å². The first-order chi connectivity index (χ1) is 9.34. The van der Waals surface area contributed by atoms with Crippen molar-refractivity contribution in [2.24, 2.45) is 5.92 Å². The number of ether oxygens (including phenoxy) is 1. The molecule has 0 spiro atoms. The Balaban J connectivity index is 1.79. The second-order valence-electron chi connectivity index (χ2n) is 4.96. The molecule has 3 nitrogen and oxygen atoms in total. The Hall–Kier alpha value is -1.13. The molecule has 1 unspecified atom stereocenters. The van der Waals surface area contributed by atoms with Crippen LogP contribution in [0.25, 0.3) is 10.8 Å². The van der Waals surface area contributed by atoms with Crippen LogP contribution >= 0.6 is 15.9 Å². The lowest BCUT2D eigenvalue weighted by molar-refractivity contribution is 0.0595. The van der Waals surface area contributed by atoms with Crippen molar-refractivity contribution in [3.05, 3.63) is 34.9 Å². The van der Waals surface area contributed by atoms with E-state index in [0.29, 0.717) is 5.92 Å². The van der Waals surface area contributed by atoms with Gasteiger partial charge in [0.1, 0.15) is 5.82 Å². The molecule has 3 rings (SSSR count). The highest BCUT2D eigenvalue weighted by Gasteiger charge is 2.14. The van der Waals surface area contributed by atoms with E-state index < -0.39 is 0 Å². The topological polar surface area (TPSA) is 34.1 Å². The first-order valence-corrected chi connectivity index (χ1v) is 7.49. The summed E-state index contributed by atoms with van der Waals surface area (Å²) in [7, 11) is 0. The molecule has 1 atom stereocenters. The quantitative estimate of drug-likeness (QED) is 0.933. The lowest BCUT2D eigenvalue weighted by Crippen LogP contribution is -2.24. The fourth-order valence-electron chi connectivity index (χ4n) is 2.52. The maximum atomic E-state index is 5.51. The third-order valence-corrected chi connectivity index (χ3v) is 4.26. The van der Waals surface area contributed by atoms with Gasteiger partial charge in [-0.15, -0.1) is 0 Å². The SMILES string of the molecule is Brc1cccc2c(NCC3CCCOC3)nccc12. The van der Waals surface area contributed by atoms with Gasteiger partial charge in [0.2, 0.25) is 0 Å². The maximum absolute atomic E-state index is 5.51. The van der Waals surface area contributed by atoms with Crippen molar-refractivity contribution in [2.45, 2.75) is 12.8 Å². The van der Waals surface area contributed by atoms with Crippen molar-refractivity contribution >= 4 is 32.5 Å². The minimum atomic E-state index is 0.595. The average Bonchev–Trinajstić information content (AvgIpc) is 2.47. The highest BCUT2D eigenvalue weighted by Crippen LogP contribution is 2.28. The molecule has 0 saturated carbocycles. The number of rotatable bonds is 3. The zero-order valence-corrected chi connectivity index (χ0v) is 12.3. The number of nitrogens with zero attached hydrogens (tertiary/aromatic N) is 1. The summed E-state index contributed by atoms with van der Waals surface area (Å²) in [5.74, 6) is 1.56. The minimum Gasteiger partial charge on any atom is -0.381 e. The van der Waals surface area contributed by atoms with Crippen LogP contribution in [0.4, 0.5) is 5.82 Å². The van der Waals surface area contributed by atoms with Crippen LogP contribution < -0.4 is 5.32 Å². The summed E-state index contributed by atoms with van der Waals surface area (Å²) in [6, 6.07) is 8.24. The van der Waals surface area contributed by atoms with Crippen molar-refractivity contribution in [1.82, 2.24) is 4.98 Å². The van der Waals surface area contributed by atoms with Crippen molar-refractivity contribution in [1.29, 1.82) is 0 Å². The molecule has 100 valence electrons. The Bertz CT molecular complexity index is 567. The van der Waals surface area contributed by atoms with E-state index in [1.54, 1.807) is 0 Å². The standard InChI is InChI=1S/C15H17BrN2O/c16-14-5-1-4-13-12(14)6-7-17-15(13)18-9-11-3-2-8-19-10-11/h1,4-7,11H,2-3,8-10H2,(H,17,18). The Morgan fingerprint density at radius 1 is 1.32 bits per heavy atom. The lowest BCUT2D eigenvalue weighted by Gasteiger charge is -2.22. The molecule has 0 amide bonds. The number of aromatic nitrogens is 1. The van der Waals surface area contributed by atoms with Crippen LogP contribution in [-0.2, 0) is 4.74 Å². The number of nitrogens with one attached hydrogen (secondary N) is 1. The van der Waals surface area contributed by atoms with E-state index >= 15 is 0 Å². The summed E-state index contributed by atoms with van der Waals surface area (Å²) in [6.07, 6.45) is 4.26. The smallest absolute Gasteiger partial charge is 0.133 e. The molecule has 1 aliphatic heterocycles. The first kappa shape index (κ1) is 12.9. The second kappa shape index (κ2) is 5.88. The number of hydrogen-bond acceptors (Lipinski definition) is 3. The molecule has 1 fully saturated rings. The number of pyridine rings is 1. The summed E-state index contributed by atoms with van der Waals surface area (Å²) in [4.78, 5) is 4.46. The van der Waals surface area contributed by atoms with Crippen LogP contribution in [-0.4, -0.2) is 24.7 Å². The summed E-state index contributed by atoms with van der Waals surface area (Å²) < 4.78 is 6.62. The van der Waals surface area contributed by atoms with Crippen molar-refractivity contribution < 1.29 is 4.74 Å². The zero-order chi connectivity index (χ0) is 13.1. The molecule has 1 aromatic carbocycles. The normalized spacial score (nSPS) is 19.5. The Morgan fingerprint density at radius 2 is 2.26 bits per heavy atom. The van der Waals surface area contributed by atoms with Gasteiger partial charge in [0.25, 0.3) is 0 Å². The monoisotopic (exact) mass is 320 g/mol. The van der Waals surface area contributed by atoms with E-state index in [1.807, 2.05) is 18.3 Å². The van der Waals surface area contributed by atoms with E-state index in [4.69, 9.17) is 4.74 Å². The van der Waals surface area contributed by atoms with Gasteiger partial charge in [-0.1, -0.05) is 28.1 Å². The van der Waals surface area contributed by atoms with Gasteiger partial charge in [0.05, 0.1) is 6.61 Å². The molecule has 1 aromatic heterocycles. The fourth-order valence-corrected chi connectivity index (χ4v) is 3.02.